The van der Waals surface area contributed by atoms with Crippen LogP contribution < -0.4 is 0 Å². The molecule has 2 heterocycles. The van der Waals surface area contributed by atoms with Gasteiger partial charge in [-0.15, -0.1) is 11.3 Å². The molecule has 3 nitrogen and oxygen atoms in total. The summed E-state index contributed by atoms with van der Waals surface area (Å²) in [5.74, 6) is -1.54. The van der Waals surface area contributed by atoms with Crippen molar-refractivity contribution in [2.45, 2.75) is 31.9 Å². The van der Waals surface area contributed by atoms with E-state index >= 15 is 0 Å². The van der Waals surface area contributed by atoms with Gasteiger partial charge < -0.3 is 0 Å². The summed E-state index contributed by atoms with van der Waals surface area (Å²) in [6.07, 6.45) is -3.86. The van der Waals surface area contributed by atoms with Crippen molar-refractivity contribution in [3.63, 3.8) is 0 Å². The number of nitriles is 1. The highest BCUT2D eigenvalue weighted by molar-refractivity contribution is 7.12. The van der Waals surface area contributed by atoms with E-state index < -0.39 is 23.4 Å². The summed E-state index contributed by atoms with van der Waals surface area (Å²) in [4.78, 5) is 16.7. The first-order valence-electron chi connectivity index (χ1n) is 6.80. The van der Waals surface area contributed by atoms with Crippen LogP contribution in [0.3, 0.4) is 0 Å². The van der Waals surface area contributed by atoms with E-state index in [9.17, 15) is 23.2 Å². The van der Waals surface area contributed by atoms with Crippen molar-refractivity contribution in [3.05, 3.63) is 51.5 Å². The van der Waals surface area contributed by atoms with Gasteiger partial charge in [0.05, 0.1) is 22.2 Å². The van der Waals surface area contributed by atoms with Crippen LogP contribution in [0.4, 0.5) is 13.2 Å². The van der Waals surface area contributed by atoms with Gasteiger partial charge in [-0.25, -0.2) is 0 Å². The second kappa shape index (κ2) is 6.50. The van der Waals surface area contributed by atoms with E-state index in [4.69, 9.17) is 0 Å². The molecule has 0 aliphatic carbocycles. The molecule has 23 heavy (non-hydrogen) atoms. The van der Waals surface area contributed by atoms with Gasteiger partial charge in [-0.2, -0.15) is 18.4 Å². The Morgan fingerprint density at radius 1 is 1.30 bits per heavy atom. The SMILES string of the molecule is CC(C)c1ccsc1C(=O)C(C#N)c1ccc(C(F)(F)F)cn1. The van der Waals surface area contributed by atoms with E-state index in [1.54, 1.807) is 5.38 Å². The fourth-order valence-corrected chi connectivity index (χ4v) is 3.13. The van der Waals surface area contributed by atoms with E-state index in [0.29, 0.717) is 11.1 Å². The van der Waals surface area contributed by atoms with Crippen LogP contribution in [0.15, 0.2) is 29.8 Å². The first kappa shape index (κ1) is 17.2. The lowest BCUT2D eigenvalue weighted by Crippen LogP contribution is -2.14. The molecule has 0 aliphatic rings. The number of Topliss-reactive ketones (excluding diaryl/α,β-unsaturated/α-hetero) is 1. The highest BCUT2D eigenvalue weighted by Gasteiger charge is 2.32. The standard InChI is InChI=1S/C16H13F3N2OS/c1-9(2)11-5-6-23-15(11)14(22)12(7-20)13-4-3-10(8-21-13)16(17,18)19/h3-6,8-9,12H,1-2H3. The third kappa shape index (κ3) is 3.59. The average molecular weight is 338 g/mol. The summed E-state index contributed by atoms with van der Waals surface area (Å²) in [6.45, 7) is 3.85. The molecular weight excluding hydrogens is 325 g/mol. The first-order chi connectivity index (χ1) is 10.8. The summed E-state index contributed by atoms with van der Waals surface area (Å²) in [5.41, 5.74) is -0.0647. The highest BCUT2D eigenvalue weighted by Crippen LogP contribution is 2.32. The summed E-state index contributed by atoms with van der Waals surface area (Å²) < 4.78 is 37.7. The smallest absolute Gasteiger partial charge is 0.291 e. The topological polar surface area (TPSA) is 53.8 Å². The van der Waals surface area contributed by atoms with Crippen molar-refractivity contribution in [1.82, 2.24) is 4.98 Å². The van der Waals surface area contributed by atoms with Gasteiger partial charge >= 0.3 is 6.18 Å². The Kier molecular flexibility index (Phi) is 4.85. The van der Waals surface area contributed by atoms with E-state index in [0.717, 1.165) is 17.7 Å². The molecule has 7 heteroatoms. The Hall–Kier alpha value is -2.20. The summed E-state index contributed by atoms with van der Waals surface area (Å²) >= 11 is 1.22. The molecule has 2 rings (SSSR count). The number of hydrogen-bond donors (Lipinski definition) is 0. The van der Waals surface area contributed by atoms with Crippen molar-refractivity contribution < 1.29 is 18.0 Å². The molecule has 0 spiro atoms. The molecule has 1 atom stereocenters. The van der Waals surface area contributed by atoms with Gasteiger partial charge in [0.1, 0.15) is 0 Å². The molecule has 0 fully saturated rings. The van der Waals surface area contributed by atoms with Crippen molar-refractivity contribution >= 4 is 17.1 Å². The molecule has 0 N–H and O–H groups in total. The Bertz CT molecular complexity index is 742. The van der Waals surface area contributed by atoms with Crippen LogP contribution in [0.2, 0.25) is 0 Å². The quantitative estimate of drug-likeness (QED) is 0.754. The van der Waals surface area contributed by atoms with Gasteiger partial charge in [-0.1, -0.05) is 13.8 Å². The normalized spacial score (nSPS) is 12.9. The summed E-state index contributed by atoms with van der Waals surface area (Å²) in [7, 11) is 0. The van der Waals surface area contributed by atoms with Crippen molar-refractivity contribution in [1.29, 1.82) is 5.26 Å². The van der Waals surface area contributed by atoms with Gasteiger partial charge in [-0.3, -0.25) is 9.78 Å². The van der Waals surface area contributed by atoms with Crippen LogP contribution in [0.1, 0.15) is 52.2 Å². The molecule has 0 radical (unpaired) electrons. The molecule has 120 valence electrons. The maximum absolute atomic E-state index is 12.6. The number of ketones is 1. The highest BCUT2D eigenvalue weighted by atomic mass is 32.1. The second-order valence-corrected chi connectivity index (χ2v) is 6.17. The molecule has 0 saturated heterocycles. The lowest BCUT2D eigenvalue weighted by Gasteiger charge is -2.11. The van der Waals surface area contributed by atoms with Crippen LogP contribution in [0.5, 0.6) is 0 Å². The Labute approximate surface area is 135 Å². The number of carbonyl (C=O) groups is 1. The van der Waals surface area contributed by atoms with Crippen molar-refractivity contribution in [2.75, 3.05) is 0 Å². The van der Waals surface area contributed by atoms with Crippen LogP contribution in [-0.4, -0.2) is 10.8 Å². The lowest BCUT2D eigenvalue weighted by molar-refractivity contribution is -0.137. The second-order valence-electron chi connectivity index (χ2n) is 5.26. The Morgan fingerprint density at radius 2 is 2.00 bits per heavy atom. The van der Waals surface area contributed by atoms with E-state index in [1.807, 2.05) is 26.0 Å². The molecule has 0 aromatic carbocycles. The van der Waals surface area contributed by atoms with Crippen molar-refractivity contribution in [3.8, 4) is 6.07 Å². The molecule has 0 amide bonds. The minimum absolute atomic E-state index is 0.0219. The number of pyridine rings is 1. The zero-order chi connectivity index (χ0) is 17.2. The molecule has 0 saturated carbocycles. The predicted molar refractivity (Wildman–Crippen MR) is 80.3 cm³/mol. The molecule has 2 aromatic heterocycles. The van der Waals surface area contributed by atoms with Crippen molar-refractivity contribution in [2.24, 2.45) is 0 Å². The average Bonchev–Trinajstić information content (AvgIpc) is 2.97. The maximum Gasteiger partial charge on any atom is 0.417 e. The summed E-state index contributed by atoms with van der Waals surface area (Å²) in [5, 5.41) is 11.0. The fourth-order valence-electron chi connectivity index (χ4n) is 2.11. The minimum atomic E-state index is -4.50. The maximum atomic E-state index is 12.6. The number of halogens is 3. The monoisotopic (exact) mass is 338 g/mol. The number of carbonyl (C=O) groups excluding carboxylic acids is 1. The van der Waals surface area contributed by atoms with Crippen LogP contribution >= 0.6 is 11.3 Å². The Morgan fingerprint density at radius 3 is 2.48 bits per heavy atom. The van der Waals surface area contributed by atoms with Gasteiger partial charge in [0.2, 0.25) is 0 Å². The van der Waals surface area contributed by atoms with Crippen LogP contribution in [-0.2, 0) is 6.18 Å². The van der Waals surface area contributed by atoms with Crippen LogP contribution in [0.25, 0.3) is 0 Å². The number of alkyl halides is 3. The first-order valence-corrected chi connectivity index (χ1v) is 7.68. The molecular formula is C16H13F3N2OS. The molecule has 1 unspecified atom stereocenters. The molecule has 0 bridgehead atoms. The molecule has 2 aromatic rings. The zero-order valence-electron chi connectivity index (χ0n) is 12.4. The van der Waals surface area contributed by atoms with Crippen LogP contribution in [0, 0.1) is 11.3 Å². The zero-order valence-corrected chi connectivity index (χ0v) is 13.2. The number of rotatable bonds is 4. The third-order valence-electron chi connectivity index (χ3n) is 3.34. The third-order valence-corrected chi connectivity index (χ3v) is 4.29. The van der Waals surface area contributed by atoms with Gasteiger partial charge in [0, 0.05) is 6.20 Å². The van der Waals surface area contributed by atoms with Gasteiger partial charge in [0.15, 0.2) is 11.7 Å². The fraction of sp³-hybridized carbons (Fsp3) is 0.312. The van der Waals surface area contributed by atoms with Gasteiger partial charge in [0.25, 0.3) is 0 Å². The predicted octanol–water partition coefficient (Wildman–Crippen LogP) is 4.78. The Balaban J connectivity index is 2.35. The number of nitrogens with zero attached hydrogens (tertiary/aromatic N) is 2. The van der Waals surface area contributed by atoms with E-state index in [-0.39, 0.29) is 11.6 Å². The van der Waals surface area contributed by atoms with E-state index in [2.05, 4.69) is 4.98 Å². The molecule has 0 aliphatic heterocycles. The number of aromatic nitrogens is 1. The van der Waals surface area contributed by atoms with E-state index in [1.165, 1.54) is 11.3 Å². The number of thiophene rings is 1. The van der Waals surface area contributed by atoms with Gasteiger partial charge in [-0.05, 0) is 35.1 Å². The largest absolute Gasteiger partial charge is 0.417 e. The lowest BCUT2D eigenvalue weighted by atomic mass is 9.94. The minimum Gasteiger partial charge on any atom is -0.291 e. The number of hydrogen-bond acceptors (Lipinski definition) is 4. The summed E-state index contributed by atoms with van der Waals surface area (Å²) in [6, 6.07) is 5.57.